The third-order valence-corrected chi connectivity index (χ3v) is 11.1. The second-order valence-electron chi connectivity index (χ2n) is 16.7. The second kappa shape index (κ2) is 46.3. The lowest BCUT2D eigenvalue weighted by molar-refractivity contribution is -0.163. The Morgan fingerprint density at radius 3 is 0.944 bits per heavy atom. The Hall–Kier alpha value is -1.10. The molecule has 322 valence electrons. The van der Waals surface area contributed by atoms with Gasteiger partial charge in [0.05, 0.1) is 6.61 Å². The summed E-state index contributed by atoms with van der Waals surface area (Å²) >= 11 is 0. The normalized spacial score (nSPS) is 12.0. The van der Waals surface area contributed by atoms with Crippen LogP contribution in [0.25, 0.3) is 0 Å². The van der Waals surface area contributed by atoms with E-state index in [1.165, 1.54) is 212 Å². The number of hydrogen-bond donors (Lipinski definition) is 0. The van der Waals surface area contributed by atoms with Gasteiger partial charge in [-0.1, -0.05) is 245 Å². The predicted octanol–water partition coefficient (Wildman–Crippen LogP) is 16.1. The van der Waals surface area contributed by atoms with Gasteiger partial charge in [-0.3, -0.25) is 9.59 Å². The van der Waals surface area contributed by atoms with Gasteiger partial charge in [-0.2, -0.15) is 0 Å². The van der Waals surface area contributed by atoms with E-state index in [0.29, 0.717) is 26.1 Å². The molecule has 0 fully saturated rings. The van der Waals surface area contributed by atoms with Gasteiger partial charge >= 0.3 is 11.9 Å². The molecule has 0 aliphatic carbocycles. The lowest BCUT2D eigenvalue weighted by atomic mass is 10.0. The molecule has 54 heavy (non-hydrogen) atoms. The molecule has 0 heterocycles. The van der Waals surface area contributed by atoms with Crippen molar-refractivity contribution in [3.8, 4) is 0 Å². The van der Waals surface area contributed by atoms with Crippen LogP contribution in [0.15, 0.2) is 0 Å². The van der Waals surface area contributed by atoms with Crippen LogP contribution in [-0.2, 0) is 23.8 Å². The summed E-state index contributed by atoms with van der Waals surface area (Å²) in [6, 6.07) is 0. The van der Waals surface area contributed by atoms with Gasteiger partial charge in [-0.15, -0.1) is 0 Å². The lowest BCUT2D eigenvalue weighted by Gasteiger charge is -2.18. The molecule has 0 aliphatic rings. The quantitative estimate of drug-likeness (QED) is 0.0456. The highest BCUT2D eigenvalue weighted by atomic mass is 16.6. The highest BCUT2D eigenvalue weighted by Gasteiger charge is 2.17. The third kappa shape index (κ3) is 43.6. The molecular weight excluding hydrogens is 669 g/mol. The second-order valence-corrected chi connectivity index (χ2v) is 16.7. The Bertz CT molecular complexity index is 740. The fourth-order valence-electron chi connectivity index (χ4n) is 7.45. The van der Waals surface area contributed by atoms with Gasteiger partial charge in [0.1, 0.15) is 6.61 Å². The van der Waals surface area contributed by atoms with Gasteiger partial charge in [0.2, 0.25) is 0 Å². The minimum Gasteiger partial charge on any atom is -0.462 e. The molecule has 0 aromatic carbocycles. The number of unbranched alkanes of at least 4 members (excludes halogenated alkanes) is 35. The van der Waals surface area contributed by atoms with Crippen molar-refractivity contribution in [2.24, 2.45) is 0 Å². The molecule has 0 aromatic rings. The largest absolute Gasteiger partial charge is 0.462 e. The zero-order chi connectivity index (χ0) is 39.3. The molecule has 0 bridgehead atoms. The van der Waals surface area contributed by atoms with Crippen molar-refractivity contribution in [1.29, 1.82) is 0 Å². The summed E-state index contributed by atoms with van der Waals surface area (Å²) in [5, 5.41) is 0. The Kier molecular flexibility index (Phi) is 45.3. The zero-order valence-electron chi connectivity index (χ0n) is 37.0. The summed E-state index contributed by atoms with van der Waals surface area (Å²) in [4.78, 5) is 25.2. The van der Waals surface area contributed by atoms with Gasteiger partial charge in [0.25, 0.3) is 0 Å². The molecule has 0 saturated carbocycles. The van der Waals surface area contributed by atoms with Crippen molar-refractivity contribution < 1.29 is 23.8 Å². The molecule has 0 radical (unpaired) electrons. The van der Waals surface area contributed by atoms with Crippen LogP contribution < -0.4 is 0 Å². The fourth-order valence-corrected chi connectivity index (χ4v) is 7.45. The number of carbonyl (C=O) groups is 2. The van der Waals surface area contributed by atoms with Crippen LogP contribution in [0, 0.1) is 0 Å². The molecule has 0 aromatic heterocycles. The smallest absolute Gasteiger partial charge is 0.306 e. The van der Waals surface area contributed by atoms with Crippen LogP contribution in [0.5, 0.6) is 0 Å². The maximum absolute atomic E-state index is 12.7. The molecular formula is C49H96O5. The number of hydrogen-bond acceptors (Lipinski definition) is 5. The predicted molar refractivity (Wildman–Crippen MR) is 233 cm³/mol. The van der Waals surface area contributed by atoms with Crippen molar-refractivity contribution in [2.75, 3.05) is 19.8 Å². The number of ether oxygens (including phenoxy) is 3. The van der Waals surface area contributed by atoms with Crippen molar-refractivity contribution in [1.82, 2.24) is 0 Å². The first-order valence-corrected chi connectivity index (χ1v) is 24.6. The highest BCUT2D eigenvalue weighted by molar-refractivity contribution is 5.70. The van der Waals surface area contributed by atoms with Gasteiger partial charge in [0, 0.05) is 19.4 Å². The molecule has 5 nitrogen and oxygen atoms in total. The van der Waals surface area contributed by atoms with Crippen LogP contribution >= 0.6 is 0 Å². The van der Waals surface area contributed by atoms with E-state index in [4.69, 9.17) is 14.2 Å². The zero-order valence-corrected chi connectivity index (χ0v) is 37.0. The van der Waals surface area contributed by atoms with Crippen molar-refractivity contribution >= 4 is 11.9 Å². The van der Waals surface area contributed by atoms with Crippen LogP contribution in [0.3, 0.4) is 0 Å². The average Bonchev–Trinajstić information content (AvgIpc) is 3.17. The maximum Gasteiger partial charge on any atom is 0.306 e. The SMILES string of the molecule is CCCCCCCCCCCCCCCCCCCCCC(=O)OCC(COCCCCCCCCCC)OC(=O)CCCCCCCCCCCCC. The Morgan fingerprint density at radius 1 is 0.333 bits per heavy atom. The Labute approximate surface area is 338 Å². The van der Waals surface area contributed by atoms with E-state index in [1.54, 1.807) is 0 Å². The van der Waals surface area contributed by atoms with Gasteiger partial charge in [-0.05, 0) is 19.3 Å². The van der Waals surface area contributed by atoms with E-state index in [9.17, 15) is 9.59 Å². The highest BCUT2D eigenvalue weighted by Crippen LogP contribution is 2.16. The molecule has 5 heteroatoms. The summed E-state index contributed by atoms with van der Waals surface area (Å²) in [6.07, 6.45) is 49.7. The standard InChI is InChI=1S/C49H96O5/c1-4-7-10-13-16-19-21-22-23-24-25-26-27-28-30-31-33-36-39-42-48(50)53-46-47(45-52-44-41-38-35-18-15-12-9-6-3)54-49(51)43-40-37-34-32-29-20-17-14-11-8-5-2/h47H,4-46H2,1-3H3. The van der Waals surface area contributed by atoms with E-state index in [1.807, 2.05) is 0 Å². The molecule has 0 N–H and O–H groups in total. The van der Waals surface area contributed by atoms with E-state index in [-0.39, 0.29) is 18.5 Å². The maximum atomic E-state index is 12.7. The Morgan fingerprint density at radius 2 is 0.611 bits per heavy atom. The summed E-state index contributed by atoms with van der Waals surface area (Å²) in [6.45, 7) is 7.87. The molecule has 0 rings (SSSR count). The fraction of sp³-hybridized carbons (Fsp3) is 0.959. The Balaban J connectivity index is 4.04. The first-order valence-electron chi connectivity index (χ1n) is 24.6. The summed E-state index contributed by atoms with van der Waals surface area (Å²) in [5.74, 6) is -0.377. The molecule has 0 spiro atoms. The van der Waals surface area contributed by atoms with E-state index < -0.39 is 6.10 Å². The van der Waals surface area contributed by atoms with Gasteiger partial charge in [-0.25, -0.2) is 0 Å². The molecule has 0 aliphatic heterocycles. The molecule has 0 saturated heterocycles. The average molecular weight is 765 g/mol. The van der Waals surface area contributed by atoms with Gasteiger partial charge < -0.3 is 14.2 Å². The summed E-state index contributed by atoms with van der Waals surface area (Å²) < 4.78 is 17.3. The van der Waals surface area contributed by atoms with Crippen molar-refractivity contribution in [3.05, 3.63) is 0 Å². The number of rotatable bonds is 46. The van der Waals surface area contributed by atoms with Crippen LogP contribution in [0.1, 0.15) is 278 Å². The first-order chi connectivity index (χ1) is 26.6. The minimum atomic E-state index is -0.520. The molecule has 0 amide bonds. The number of carbonyl (C=O) groups excluding carboxylic acids is 2. The third-order valence-electron chi connectivity index (χ3n) is 11.1. The van der Waals surface area contributed by atoms with Crippen molar-refractivity contribution in [2.45, 2.75) is 284 Å². The lowest BCUT2D eigenvalue weighted by Crippen LogP contribution is -2.30. The van der Waals surface area contributed by atoms with Crippen molar-refractivity contribution in [3.63, 3.8) is 0 Å². The van der Waals surface area contributed by atoms with E-state index in [2.05, 4.69) is 20.8 Å². The van der Waals surface area contributed by atoms with E-state index in [0.717, 1.165) is 32.1 Å². The van der Waals surface area contributed by atoms with Crippen LogP contribution in [0.2, 0.25) is 0 Å². The molecule has 1 atom stereocenters. The molecule has 1 unspecified atom stereocenters. The van der Waals surface area contributed by atoms with E-state index >= 15 is 0 Å². The number of esters is 2. The van der Waals surface area contributed by atoms with Crippen LogP contribution in [0.4, 0.5) is 0 Å². The first kappa shape index (κ1) is 52.9. The minimum absolute atomic E-state index is 0.0966. The summed E-state index contributed by atoms with van der Waals surface area (Å²) in [5.41, 5.74) is 0. The summed E-state index contributed by atoms with van der Waals surface area (Å²) in [7, 11) is 0. The van der Waals surface area contributed by atoms with Gasteiger partial charge in [0.15, 0.2) is 6.10 Å². The van der Waals surface area contributed by atoms with Crippen LogP contribution in [-0.4, -0.2) is 37.9 Å². The topological polar surface area (TPSA) is 61.8 Å². The monoisotopic (exact) mass is 765 g/mol.